The Labute approximate surface area is 101 Å². The number of fused-ring (bicyclic) bond motifs is 1. The van der Waals surface area contributed by atoms with Crippen LogP contribution in [0.2, 0.25) is 0 Å². The van der Waals surface area contributed by atoms with Gasteiger partial charge in [0, 0.05) is 0 Å². The standard InChI is InChI=1S/C10H10FN5O2/c11-6-1-5(2-17)18-10(6)16-4-15-7-8(12)13-3-14-9(7)16/h1,3-5,10,17H,2H2,(H2,12,13,14)/t5-,10-/m0/s1. The Morgan fingerprint density at radius 2 is 2.28 bits per heavy atom. The van der Waals surface area contributed by atoms with E-state index < -0.39 is 18.2 Å². The third-order valence-corrected chi connectivity index (χ3v) is 2.70. The molecule has 0 radical (unpaired) electrons. The smallest absolute Gasteiger partial charge is 0.189 e. The summed E-state index contributed by atoms with van der Waals surface area (Å²) in [6.45, 7) is -0.284. The molecule has 0 fully saturated rings. The largest absolute Gasteiger partial charge is 0.393 e. The molecule has 2 atom stereocenters. The summed E-state index contributed by atoms with van der Waals surface area (Å²) in [7, 11) is 0. The minimum Gasteiger partial charge on any atom is -0.393 e. The second-order valence-corrected chi connectivity index (χ2v) is 3.84. The number of aromatic nitrogens is 4. The van der Waals surface area contributed by atoms with Crippen LogP contribution in [0.5, 0.6) is 0 Å². The van der Waals surface area contributed by atoms with Crippen LogP contribution in [0.1, 0.15) is 6.23 Å². The predicted octanol–water partition coefficient (Wildman–Crippen LogP) is 0.152. The minimum atomic E-state index is -0.971. The highest BCUT2D eigenvalue weighted by Gasteiger charge is 2.30. The van der Waals surface area contributed by atoms with Gasteiger partial charge in [0.05, 0.1) is 12.9 Å². The molecule has 0 saturated carbocycles. The molecule has 0 unspecified atom stereocenters. The lowest BCUT2D eigenvalue weighted by atomic mass is 10.3. The van der Waals surface area contributed by atoms with Crippen molar-refractivity contribution in [3.8, 4) is 0 Å². The number of aliphatic hydroxyl groups is 1. The van der Waals surface area contributed by atoms with Crippen molar-refractivity contribution in [1.82, 2.24) is 19.5 Å². The zero-order chi connectivity index (χ0) is 12.7. The molecular weight excluding hydrogens is 241 g/mol. The van der Waals surface area contributed by atoms with Gasteiger partial charge in [0.1, 0.15) is 23.8 Å². The maximum atomic E-state index is 13.7. The van der Waals surface area contributed by atoms with Crippen molar-refractivity contribution in [3.05, 3.63) is 24.6 Å². The summed E-state index contributed by atoms with van der Waals surface area (Å²) in [5, 5.41) is 8.95. The number of ether oxygens (including phenoxy) is 1. The van der Waals surface area contributed by atoms with Gasteiger partial charge in [-0.2, -0.15) is 0 Å². The van der Waals surface area contributed by atoms with Gasteiger partial charge in [-0.05, 0) is 6.08 Å². The SMILES string of the molecule is Nc1ncnc2c1ncn2[C@H]1O[C@H](CO)C=C1F. The van der Waals surface area contributed by atoms with Gasteiger partial charge in [0.15, 0.2) is 17.7 Å². The monoisotopic (exact) mass is 251 g/mol. The fraction of sp³-hybridized carbons (Fsp3) is 0.300. The number of anilines is 1. The minimum absolute atomic E-state index is 0.222. The number of aliphatic hydroxyl groups excluding tert-OH is 1. The number of rotatable bonds is 2. The Balaban J connectivity index is 2.06. The number of hydrogen-bond acceptors (Lipinski definition) is 6. The van der Waals surface area contributed by atoms with Gasteiger partial charge in [-0.3, -0.25) is 4.57 Å². The van der Waals surface area contributed by atoms with E-state index in [-0.39, 0.29) is 12.4 Å². The van der Waals surface area contributed by atoms with E-state index in [1.807, 2.05) is 0 Å². The molecule has 2 aromatic heterocycles. The van der Waals surface area contributed by atoms with Crippen molar-refractivity contribution in [2.24, 2.45) is 0 Å². The Morgan fingerprint density at radius 3 is 3.00 bits per heavy atom. The summed E-state index contributed by atoms with van der Waals surface area (Å²) < 4.78 is 20.4. The van der Waals surface area contributed by atoms with Crippen molar-refractivity contribution in [3.63, 3.8) is 0 Å². The first-order valence-corrected chi connectivity index (χ1v) is 5.27. The average molecular weight is 251 g/mol. The summed E-state index contributed by atoms with van der Waals surface area (Å²) in [5.41, 5.74) is 6.41. The molecule has 0 amide bonds. The molecule has 1 aliphatic heterocycles. The van der Waals surface area contributed by atoms with Crippen LogP contribution in [-0.4, -0.2) is 37.3 Å². The summed E-state index contributed by atoms with van der Waals surface area (Å²) in [4.78, 5) is 11.8. The maximum absolute atomic E-state index is 13.7. The molecule has 0 spiro atoms. The number of halogens is 1. The third kappa shape index (κ3) is 1.54. The molecule has 8 heteroatoms. The zero-order valence-electron chi connectivity index (χ0n) is 9.19. The normalized spacial score (nSPS) is 23.6. The molecule has 94 valence electrons. The van der Waals surface area contributed by atoms with E-state index in [0.29, 0.717) is 11.2 Å². The molecule has 3 N–H and O–H groups in total. The molecule has 1 aliphatic rings. The lowest BCUT2D eigenvalue weighted by Gasteiger charge is -2.14. The number of imidazole rings is 1. The van der Waals surface area contributed by atoms with Crippen molar-refractivity contribution in [1.29, 1.82) is 0 Å². The molecule has 3 rings (SSSR count). The van der Waals surface area contributed by atoms with Crippen LogP contribution in [0.15, 0.2) is 24.6 Å². The highest BCUT2D eigenvalue weighted by molar-refractivity contribution is 5.81. The van der Waals surface area contributed by atoms with Crippen molar-refractivity contribution < 1.29 is 14.2 Å². The van der Waals surface area contributed by atoms with Gasteiger partial charge >= 0.3 is 0 Å². The Morgan fingerprint density at radius 1 is 1.44 bits per heavy atom. The van der Waals surface area contributed by atoms with Gasteiger partial charge < -0.3 is 15.6 Å². The number of nitrogens with zero attached hydrogens (tertiary/aromatic N) is 4. The number of nitrogen functional groups attached to an aromatic ring is 1. The highest BCUT2D eigenvalue weighted by Crippen LogP contribution is 2.32. The van der Waals surface area contributed by atoms with Crippen LogP contribution in [0.3, 0.4) is 0 Å². The molecule has 0 aromatic carbocycles. The van der Waals surface area contributed by atoms with Crippen LogP contribution in [0.25, 0.3) is 11.2 Å². The van der Waals surface area contributed by atoms with E-state index in [9.17, 15) is 4.39 Å². The highest BCUT2D eigenvalue weighted by atomic mass is 19.1. The number of nitrogens with two attached hydrogens (primary N) is 1. The third-order valence-electron chi connectivity index (χ3n) is 2.70. The summed E-state index contributed by atoms with van der Waals surface area (Å²) in [5.74, 6) is -0.273. The first kappa shape index (κ1) is 11.1. The topological polar surface area (TPSA) is 99.1 Å². The van der Waals surface area contributed by atoms with Crippen molar-refractivity contribution in [2.45, 2.75) is 12.3 Å². The molecule has 18 heavy (non-hydrogen) atoms. The Kier molecular flexibility index (Phi) is 2.46. The molecule has 2 aromatic rings. The maximum Gasteiger partial charge on any atom is 0.189 e. The van der Waals surface area contributed by atoms with Gasteiger partial charge in [-0.15, -0.1) is 0 Å². The first-order valence-electron chi connectivity index (χ1n) is 5.27. The molecule has 3 heterocycles. The quantitative estimate of drug-likeness (QED) is 0.788. The van der Waals surface area contributed by atoms with E-state index in [1.165, 1.54) is 23.3 Å². The average Bonchev–Trinajstić information content (AvgIpc) is 2.93. The summed E-state index contributed by atoms with van der Waals surface area (Å²) in [6, 6.07) is 0. The van der Waals surface area contributed by atoms with Crippen LogP contribution >= 0.6 is 0 Å². The second kappa shape index (κ2) is 4.00. The Hall–Kier alpha value is -2.06. The second-order valence-electron chi connectivity index (χ2n) is 3.84. The van der Waals surface area contributed by atoms with E-state index in [1.54, 1.807) is 0 Å². The van der Waals surface area contributed by atoms with E-state index >= 15 is 0 Å². The van der Waals surface area contributed by atoms with Crippen molar-refractivity contribution >= 4 is 17.0 Å². The molecule has 0 saturated heterocycles. The van der Waals surface area contributed by atoms with Gasteiger partial charge in [0.2, 0.25) is 0 Å². The predicted molar refractivity (Wildman–Crippen MR) is 59.9 cm³/mol. The summed E-state index contributed by atoms with van der Waals surface area (Å²) in [6.07, 6.45) is 2.25. The van der Waals surface area contributed by atoms with Crippen LogP contribution in [0.4, 0.5) is 10.2 Å². The molecule has 0 bridgehead atoms. The fourth-order valence-electron chi connectivity index (χ4n) is 1.87. The van der Waals surface area contributed by atoms with E-state index in [4.69, 9.17) is 15.6 Å². The van der Waals surface area contributed by atoms with Gasteiger partial charge in [-0.1, -0.05) is 0 Å². The summed E-state index contributed by atoms with van der Waals surface area (Å²) >= 11 is 0. The molecular formula is C10H10FN5O2. The van der Waals surface area contributed by atoms with Gasteiger partial charge in [-0.25, -0.2) is 19.3 Å². The molecule has 0 aliphatic carbocycles. The lowest BCUT2D eigenvalue weighted by molar-refractivity contribution is -0.0174. The zero-order valence-corrected chi connectivity index (χ0v) is 9.19. The van der Waals surface area contributed by atoms with Crippen LogP contribution in [0, 0.1) is 0 Å². The first-order chi connectivity index (χ1) is 8.70. The molecule has 7 nitrogen and oxygen atoms in total. The van der Waals surface area contributed by atoms with Crippen LogP contribution < -0.4 is 5.73 Å². The number of hydrogen-bond donors (Lipinski definition) is 2. The van der Waals surface area contributed by atoms with Crippen molar-refractivity contribution in [2.75, 3.05) is 12.3 Å². The van der Waals surface area contributed by atoms with Gasteiger partial charge in [0.25, 0.3) is 0 Å². The van der Waals surface area contributed by atoms with E-state index in [2.05, 4.69) is 15.0 Å². The van der Waals surface area contributed by atoms with Crippen LogP contribution in [-0.2, 0) is 4.74 Å². The van der Waals surface area contributed by atoms with E-state index in [0.717, 1.165) is 0 Å². The lowest BCUT2D eigenvalue weighted by Crippen LogP contribution is -2.16. The fourth-order valence-corrected chi connectivity index (χ4v) is 1.87. The Bertz CT molecular complexity index is 626.